The van der Waals surface area contributed by atoms with E-state index >= 15 is 0 Å². The summed E-state index contributed by atoms with van der Waals surface area (Å²) in [6.45, 7) is 7.86. The van der Waals surface area contributed by atoms with Gasteiger partial charge in [0.2, 0.25) is 0 Å². The second-order valence-electron chi connectivity index (χ2n) is 4.14. The van der Waals surface area contributed by atoms with Crippen LogP contribution < -0.4 is 5.32 Å². The third-order valence-electron chi connectivity index (χ3n) is 2.95. The molecule has 0 unspecified atom stereocenters. The zero-order valence-corrected chi connectivity index (χ0v) is 10.6. The van der Waals surface area contributed by atoms with Crippen LogP contribution in [-0.2, 0) is 13.1 Å². The van der Waals surface area contributed by atoms with E-state index in [0.717, 1.165) is 18.1 Å². The molecule has 0 bridgehead atoms. The Bertz CT molecular complexity index is 502. The quantitative estimate of drug-likeness (QED) is 0.877. The molecule has 2 aromatic rings. The van der Waals surface area contributed by atoms with Crippen LogP contribution in [0.4, 0.5) is 5.69 Å². The van der Waals surface area contributed by atoms with Crippen LogP contribution in [0.1, 0.15) is 23.9 Å². The second kappa shape index (κ2) is 4.99. The number of hydrogen-bond donors (Lipinski definition) is 1. The lowest BCUT2D eigenvalue weighted by molar-refractivity contribution is 0.622. The average molecular weight is 230 g/mol. The summed E-state index contributed by atoms with van der Waals surface area (Å²) in [5.41, 5.74) is 3.73. The van der Waals surface area contributed by atoms with Crippen molar-refractivity contribution in [1.82, 2.24) is 14.8 Å². The van der Waals surface area contributed by atoms with Crippen LogP contribution in [0, 0.1) is 13.8 Å². The summed E-state index contributed by atoms with van der Waals surface area (Å²) in [6, 6.07) is 6.37. The fourth-order valence-electron chi connectivity index (χ4n) is 1.72. The standard InChI is InChI=1S/C13H18N4/c1-4-17-13(15-9-16-17)8-14-12-6-5-10(2)11(3)7-12/h5-7,9,14H,4,8H2,1-3H3. The largest absolute Gasteiger partial charge is 0.378 e. The molecule has 0 amide bonds. The molecule has 2 rings (SSSR count). The summed E-state index contributed by atoms with van der Waals surface area (Å²) in [6.07, 6.45) is 1.60. The second-order valence-corrected chi connectivity index (χ2v) is 4.14. The van der Waals surface area contributed by atoms with Gasteiger partial charge in [-0.2, -0.15) is 5.10 Å². The van der Waals surface area contributed by atoms with Crippen LogP contribution >= 0.6 is 0 Å². The minimum absolute atomic E-state index is 0.705. The Kier molecular flexibility index (Phi) is 3.42. The fourth-order valence-corrected chi connectivity index (χ4v) is 1.72. The number of hydrogen-bond acceptors (Lipinski definition) is 3. The first-order chi connectivity index (χ1) is 8.20. The molecular formula is C13H18N4. The average Bonchev–Trinajstić information content (AvgIpc) is 2.78. The Labute approximate surface area is 102 Å². The highest BCUT2D eigenvalue weighted by Gasteiger charge is 2.02. The van der Waals surface area contributed by atoms with Gasteiger partial charge in [-0.1, -0.05) is 6.07 Å². The van der Waals surface area contributed by atoms with Crippen molar-refractivity contribution in [3.63, 3.8) is 0 Å². The van der Waals surface area contributed by atoms with Crippen LogP contribution in [0.3, 0.4) is 0 Å². The van der Waals surface area contributed by atoms with Crippen LogP contribution in [0.5, 0.6) is 0 Å². The number of rotatable bonds is 4. The number of anilines is 1. The minimum Gasteiger partial charge on any atom is -0.378 e. The Hall–Kier alpha value is -1.84. The first-order valence-corrected chi connectivity index (χ1v) is 5.88. The van der Waals surface area contributed by atoms with E-state index in [1.807, 2.05) is 4.68 Å². The lowest BCUT2D eigenvalue weighted by Gasteiger charge is -2.08. The lowest BCUT2D eigenvalue weighted by Crippen LogP contribution is -2.09. The highest BCUT2D eigenvalue weighted by atomic mass is 15.3. The molecule has 0 saturated heterocycles. The zero-order valence-electron chi connectivity index (χ0n) is 10.6. The monoisotopic (exact) mass is 230 g/mol. The van der Waals surface area contributed by atoms with Gasteiger partial charge in [-0.15, -0.1) is 0 Å². The number of nitrogens with one attached hydrogen (secondary N) is 1. The highest BCUT2D eigenvalue weighted by Crippen LogP contribution is 2.14. The van der Waals surface area contributed by atoms with Gasteiger partial charge in [0, 0.05) is 12.2 Å². The van der Waals surface area contributed by atoms with Crippen molar-refractivity contribution in [3.05, 3.63) is 41.5 Å². The molecule has 0 aliphatic carbocycles. The summed E-state index contributed by atoms with van der Waals surface area (Å²) in [7, 11) is 0. The number of benzene rings is 1. The topological polar surface area (TPSA) is 42.7 Å². The van der Waals surface area contributed by atoms with Crippen LogP contribution in [-0.4, -0.2) is 14.8 Å². The van der Waals surface area contributed by atoms with E-state index < -0.39 is 0 Å². The molecule has 1 N–H and O–H groups in total. The maximum Gasteiger partial charge on any atom is 0.146 e. The molecule has 1 aromatic heterocycles. The third kappa shape index (κ3) is 2.64. The Morgan fingerprint density at radius 1 is 1.24 bits per heavy atom. The van der Waals surface area contributed by atoms with Gasteiger partial charge in [0.05, 0.1) is 6.54 Å². The molecule has 0 aliphatic rings. The maximum absolute atomic E-state index is 4.23. The Morgan fingerprint density at radius 3 is 2.76 bits per heavy atom. The van der Waals surface area contributed by atoms with E-state index in [4.69, 9.17) is 0 Å². The van der Waals surface area contributed by atoms with E-state index in [-0.39, 0.29) is 0 Å². The van der Waals surface area contributed by atoms with E-state index in [0.29, 0.717) is 6.54 Å². The van der Waals surface area contributed by atoms with Gasteiger partial charge in [-0.05, 0) is 44.0 Å². The predicted octanol–water partition coefficient (Wildman–Crippen LogP) is 2.53. The smallest absolute Gasteiger partial charge is 0.146 e. The zero-order chi connectivity index (χ0) is 12.3. The predicted molar refractivity (Wildman–Crippen MR) is 68.9 cm³/mol. The maximum atomic E-state index is 4.23. The Balaban J connectivity index is 2.05. The van der Waals surface area contributed by atoms with Crippen LogP contribution in [0.15, 0.2) is 24.5 Å². The van der Waals surface area contributed by atoms with E-state index in [1.54, 1.807) is 6.33 Å². The van der Waals surface area contributed by atoms with Gasteiger partial charge in [-0.25, -0.2) is 9.67 Å². The van der Waals surface area contributed by atoms with Crippen LogP contribution in [0.25, 0.3) is 0 Å². The number of nitrogens with zero attached hydrogens (tertiary/aromatic N) is 3. The van der Waals surface area contributed by atoms with Gasteiger partial charge in [0.1, 0.15) is 12.2 Å². The van der Waals surface area contributed by atoms with Crippen molar-refractivity contribution in [2.45, 2.75) is 33.9 Å². The summed E-state index contributed by atoms with van der Waals surface area (Å²) < 4.78 is 1.90. The van der Waals surface area contributed by atoms with Crippen molar-refractivity contribution >= 4 is 5.69 Å². The molecule has 0 fully saturated rings. The third-order valence-corrected chi connectivity index (χ3v) is 2.95. The van der Waals surface area contributed by atoms with Gasteiger partial charge < -0.3 is 5.32 Å². The summed E-state index contributed by atoms with van der Waals surface area (Å²) in [4.78, 5) is 4.23. The molecular weight excluding hydrogens is 212 g/mol. The lowest BCUT2D eigenvalue weighted by atomic mass is 10.1. The molecule has 0 atom stereocenters. The summed E-state index contributed by atoms with van der Waals surface area (Å²) in [5, 5.41) is 7.51. The van der Waals surface area contributed by atoms with E-state index in [2.05, 4.69) is 54.4 Å². The van der Waals surface area contributed by atoms with Gasteiger partial charge >= 0.3 is 0 Å². The fraction of sp³-hybridized carbons (Fsp3) is 0.385. The van der Waals surface area contributed by atoms with E-state index in [1.165, 1.54) is 11.1 Å². The van der Waals surface area contributed by atoms with Gasteiger partial charge in [0.25, 0.3) is 0 Å². The van der Waals surface area contributed by atoms with Gasteiger partial charge in [-0.3, -0.25) is 0 Å². The summed E-state index contributed by atoms with van der Waals surface area (Å²) in [5.74, 6) is 0.964. The van der Waals surface area contributed by atoms with Crippen molar-refractivity contribution in [2.24, 2.45) is 0 Å². The molecule has 1 aromatic carbocycles. The molecule has 1 heterocycles. The SMILES string of the molecule is CCn1ncnc1CNc1ccc(C)c(C)c1. The molecule has 0 radical (unpaired) electrons. The molecule has 4 heteroatoms. The molecule has 90 valence electrons. The normalized spacial score (nSPS) is 10.5. The molecule has 4 nitrogen and oxygen atoms in total. The first-order valence-electron chi connectivity index (χ1n) is 5.88. The molecule has 0 spiro atoms. The first kappa shape index (κ1) is 11.6. The number of aryl methyl sites for hydroxylation is 3. The Morgan fingerprint density at radius 2 is 2.06 bits per heavy atom. The van der Waals surface area contributed by atoms with Crippen molar-refractivity contribution in [1.29, 1.82) is 0 Å². The summed E-state index contributed by atoms with van der Waals surface area (Å²) >= 11 is 0. The van der Waals surface area contributed by atoms with Crippen molar-refractivity contribution in [2.75, 3.05) is 5.32 Å². The van der Waals surface area contributed by atoms with Crippen molar-refractivity contribution < 1.29 is 0 Å². The molecule has 17 heavy (non-hydrogen) atoms. The van der Waals surface area contributed by atoms with Gasteiger partial charge in [0.15, 0.2) is 0 Å². The highest BCUT2D eigenvalue weighted by molar-refractivity contribution is 5.48. The molecule has 0 aliphatic heterocycles. The number of aromatic nitrogens is 3. The minimum atomic E-state index is 0.705. The molecule has 0 saturated carbocycles. The van der Waals surface area contributed by atoms with Crippen molar-refractivity contribution in [3.8, 4) is 0 Å². The van der Waals surface area contributed by atoms with E-state index in [9.17, 15) is 0 Å². The van der Waals surface area contributed by atoms with Crippen LogP contribution in [0.2, 0.25) is 0 Å².